The van der Waals surface area contributed by atoms with Gasteiger partial charge in [-0.05, 0) is 26.0 Å². The highest BCUT2D eigenvalue weighted by Gasteiger charge is 2.11. The van der Waals surface area contributed by atoms with Crippen molar-refractivity contribution in [3.05, 3.63) is 21.9 Å². The normalized spacial score (nSPS) is 9.67. The molecule has 0 fully saturated rings. The summed E-state index contributed by atoms with van der Waals surface area (Å²) in [6.07, 6.45) is 0.302. The topological polar surface area (TPSA) is 69.6 Å². The van der Waals surface area contributed by atoms with E-state index in [1.807, 2.05) is 13.8 Å². The van der Waals surface area contributed by atoms with Crippen LogP contribution in [0.25, 0.3) is 0 Å². The zero-order chi connectivity index (χ0) is 15.7. The van der Waals surface area contributed by atoms with Crippen molar-refractivity contribution in [1.29, 1.82) is 0 Å². The van der Waals surface area contributed by atoms with Gasteiger partial charge in [-0.1, -0.05) is 11.8 Å². The van der Waals surface area contributed by atoms with Gasteiger partial charge in [-0.25, -0.2) is 0 Å². The van der Waals surface area contributed by atoms with Crippen LogP contribution in [0.3, 0.4) is 0 Å². The highest BCUT2D eigenvalue weighted by atomic mass is 32.1. The van der Waals surface area contributed by atoms with Crippen LogP contribution in [0.2, 0.25) is 0 Å². The van der Waals surface area contributed by atoms with Gasteiger partial charge in [0.2, 0.25) is 5.91 Å². The van der Waals surface area contributed by atoms with Crippen LogP contribution in [0.4, 0.5) is 0 Å². The molecule has 0 saturated heterocycles. The van der Waals surface area contributed by atoms with Crippen LogP contribution in [0, 0.1) is 11.8 Å². The molecule has 0 atom stereocenters. The molecule has 1 aromatic heterocycles. The van der Waals surface area contributed by atoms with Crippen molar-refractivity contribution in [2.24, 2.45) is 0 Å². The molecule has 0 aliphatic heterocycles. The van der Waals surface area contributed by atoms with Gasteiger partial charge in [0.15, 0.2) is 0 Å². The van der Waals surface area contributed by atoms with E-state index in [1.54, 1.807) is 17.0 Å². The predicted octanol–water partition coefficient (Wildman–Crippen LogP) is 1.08. The van der Waals surface area contributed by atoms with Crippen molar-refractivity contribution in [3.8, 4) is 11.8 Å². The quantitative estimate of drug-likeness (QED) is 0.773. The first kappa shape index (κ1) is 17.2. The number of thiophene rings is 1. The Hall–Kier alpha value is -1.84. The Kier molecular flexibility index (Phi) is 7.51. The number of aliphatic hydroxyl groups excluding tert-OH is 1. The molecular formula is C15H20N2O3S. The van der Waals surface area contributed by atoms with Gasteiger partial charge in [0, 0.05) is 26.1 Å². The number of nitrogens with one attached hydrogen (secondary N) is 1. The number of hydrogen-bond acceptors (Lipinski definition) is 4. The summed E-state index contributed by atoms with van der Waals surface area (Å²) >= 11 is 1.26. The molecule has 1 heterocycles. The number of hydrogen-bond donors (Lipinski definition) is 2. The van der Waals surface area contributed by atoms with E-state index in [0.717, 1.165) is 4.88 Å². The standard InChI is InChI=1S/C15H20N2O3S/c1-3-17(4-2)14(19)9-10-16-15(20)13-8-7-12(21-13)6-5-11-18/h7-8,18H,3-4,9-11H2,1-2H3,(H,16,20). The van der Waals surface area contributed by atoms with Crippen LogP contribution in [-0.4, -0.2) is 48.1 Å². The number of nitrogens with zero attached hydrogens (tertiary/aromatic N) is 1. The first-order valence-electron chi connectivity index (χ1n) is 6.87. The van der Waals surface area contributed by atoms with Gasteiger partial charge in [-0.2, -0.15) is 0 Å². The molecule has 0 aliphatic carbocycles. The molecule has 1 rings (SSSR count). The van der Waals surface area contributed by atoms with Gasteiger partial charge in [0.25, 0.3) is 5.91 Å². The van der Waals surface area contributed by atoms with Crippen LogP contribution >= 0.6 is 11.3 Å². The molecule has 0 bridgehead atoms. The molecule has 114 valence electrons. The molecule has 0 aliphatic rings. The molecule has 2 N–H and O–H groups in total. The largest absolute Gasteiger partial charge is 0.384 e. The van der Waals surface area contributed by atoms with E-state index in [0.29, 0.717) is 30.9 Å². The third-order valence-electron chi connectivity index (χ3n) is 2.86. The lowest BCUT2D eigenvalue weighted by molar-refractivity contribution is -0.130. The lowest BCUT2D eigenvalue weighted by Crippen LogP contribution is -2.34. The summed E-state index contributed by atoms with van der Waals surface area (Å²) in [5, 5.41) is 11.3. The van der Waals surface area contributed by atoms with E-state index in [1.165, 1.54) is 11.3 Å². The first-order chi connectivity index (χ1) is 10.1. The molecule has 0 spiro atoms. The Balaban J connectivity index is 2.44. The maximum absolute atomic E-state index is 11.9. The summed E-state index contributed by atoms with van der Waals surface area (Å²) in [7, 11) is 0. The average Bonchev–Trinajstić information content (AvgIpc) is 2.95. The SMILES string of the molecule is CCN(CC)C(=O)CCNC(=O)c1ccc(C#CCO)s1. The Labute approximate surface area is 129 Å². The highest BCUT2D eigenvalue weighted by Crippen LogP contribution is 2.15. The van der Waals surface area contributed by atoms with Crippen molar-refractivity contribution >= 4 is 23.2 Å². The third-order valence-corrected chi connectivity index (χ3v) is 3.86. The summed E-state index contributed by atoms with van der Waals surface area (Å²) < 4.78 is 0. The Morgan fingerprint density at radius 2 is 2.05 bits per heavy atom. The molecule has 0 saturated carbocycles. The minimum atomic E-state index is -0.204. The van der Waals surface area contributed by atoms with Gasteiger partial charge < -0.3 is 15.3 Å². The van der Waals surface area contributed by atoms with Gasteiger partial charge in [-0.3, -0.25) is 9.59 Å². The second-order valence-electron chi connectivity index (χ2n) is 4.20. The second-order valence-corrected chi connectivity index (χ2v) is 5.28. The highest BCUT2D eigenvalue weighted by molar-refractivity contribution is 7.14. The Bertz CT molecular complexity index is 539. The smallest absolute Gasteiger partial charge is 0.261 e. The van der Waals surface area contributed by atoms with Crippen molar-refractivity contribution in [2.45, 2.75) is 20.3 Å². The fourth-order valence-electron chi connectivity index (χ4n) is 1.76. The molecule has 2 amide bonds. The van der Waals surface area contributed by atoms with E-state index in [4.69, 9.17) is 5.11 Å². The Morgan fingerprint density at radius 3 is 2.67 bits per heavy atom. The van der Waals surface area contributed by atoms with Crippen LogP contribution in [0.5, 0.6) is 0 Å². The number of rotatable bonds is 6. The zero-order valence-corrected chi connectivity index (χ0v) is 13.1. The van der Waals surface area contributed by atoms with E-state index in [2.05, 4.69) is 17.2 Å². The fourth-order valence-corrected chi connectivity index (χ4v) is 2.56. The Morgan fingerprint density at radius 1 is 1.33 bits per heavy atom. The van der Waals surface area contributed by atoms with E-state index in [9.17, 15) is 9.59 Å². The molecular weight excluding hydrogens is 288 g/mol. The van der Waals surface area contributed by atoms with Crippen LogP contribution < -0.4 is 5.32 Å². The van der Waals surface area contributed by atoms with Crippen LogP contribution in [-0.2, 0) is 4.79 Å². The van der Waals surface area contributed by atoms with Crippen molar-refractivity contribution < 1.29 is 14.7 Å². The summed E-state index contributed by atoms with van der Waals surface area (Å²) in [5.41, 5.74) is 0. The number of carbonyl (C=O) groups is 2. The lowest BCUT2D eigenvalue weighted by atomic mass is 10.3. The predicted molar refractivity (Wildman–Crippen MR) is 83.2 cm³/mol. The summed E-state index contributed by atoms with van der Waals surface area (Å²) in [6, 6.07) is 3.43. The minimum absolute atomic E-state index is 0.0426. The van der Waals surface area contributed by atoms with Gasteiger partial charge in [0.05, 0.1) is 9.75 Å². The van der Waals surface area contributed by atoms with Crippen LogP contribution in [0.1, 0.15) is 34.8 Å². The summed E-state index contributed by atoms with van der Waals surface area (Å²) in [6.45, 7) is 5.35. The molecule has 0 radical (unpaired) electrons. The van der Waals surface area contributed by atoms with Gasteiger partial charge >= 0.3 is 0 Å². The first-order valence-corrected chi connectivity index (χ1v) is 7.69. The van der Waals surface area contributed by atoms with E-state index < -0.39 is 0 Å². The lowest BCUT2D eigenvalue weighted by Gasteiger charge is -2.18. The van der Waals surface area contributed by atoms with Gasteiger partial charge in [-0.15, -0.1) is 11.3 Å². The van der Waals surface area contributed by atoms with E-state index in [-0.39, 0.29) is 18.4 Å². The van der Waals surface area contributed by atoms with Crippen molar-refractivity contribution in [1.82, 2.24) is 10.2 Å². The summed E-state index contributed by atoms with van der Waals surface area (Å²) in [5.74, 6) is 5.12. The minimum Gasteiger partial charge on any atom is -0.384 e. The van der Waals surface area contributed by atoms with Gasteiger partial charge in [0.1, 0.15) is 6.61 Å². The third kappa shape index (κ3) is 5.58. The van der Waals surface area contributed by atoms with Crippen LogP contribution in [0.15, 0.2) is 12.1 Å². The number of aliphatic hydroxyl groups is 1. The average molecular weight is 308 g/mol. The molecule has 0 unspecified atom stereocenters. The van der Waals surface area contributed by atoms with Crippen molar-refractivity contribution in [2.75, 3.05) is 26.2 Å². The fraction of sp³-hybridized carbons (Fsp3) is 0.467. The maximum atomic E-state index is 11.9. The van der Waals surface area contributed by atoms with E-state index >= 15 is 0 Å². The molecule has 5 nitrogen and oxygen atoms in total. The second kappa shape index (κ2) is 9.16. The molecule has 21 heavy (non-hydrogen) atoms. The number of carbonyl (C=O) groups excluding carboxylic acids is 2. The molecule has 1 aromatic rings. The number of amides is 2. The maximum Gasteiger partial charge on any atom is 0.261 e. The molecule has 6 heteroatoms. The molecule has 0 aromatic carbocycles. The summed E-state index contributed by atoms with van der Waals surface area (Å²) in [4.78, 5) is 26.7. The van der Waals surface area contributed by atoms with Crippen molar-refractivity contribution in [3.63, 3.8) is 0 Å². The monoisotopic (exact) mass is 308 g/mol. The zero-order valence-electron chi connectivity index (χ0n) is 12.3.